The number of carbonyl (C=O) groups is 3. The van der Waals surface area contributed by atoms with E-state index in [4.69, 9.17) is 0 Å². The van der Waals surface area contributed by atoms with Crippen LogP contribution in [0.15, 0.2) is 103 Å². The van der Waals surface area contributed by atoms with Crippen LogP contribution in [-0.4, -0.2) is 17.7 Å². The number of rotatable bonds is 3. The topological polar surface area (TPSA) is 66.5 Å². The Morgan fingerprint density at radius 3 is 1.50 bits per heavy atom. The van der Waals surface area contributed by atoms with Crippen LogP contribution in [0.3, 0.4) is 0 Å². The Morgan fingerprint density at radius 2 is 1.05 bits per heavy atom. The molecule has 2 bridgehead atoms. The van der Waals surface area contributed by atoms with E-state index in [1.165, 1.54) is 4.90 Å². The zero-order chi connectivity index (χ0) is 26.2. The third kappa shape index (κ3) is 2.94. The molecule has 4 aliphatic rings. The first-order valence-electron chi connectivity index (χ1n) is 12.3. The van der Waals surface area contributed by atoms with Gasteiger partial charge in [0.05, 0.1) is 26.2 Å². The molecule has 38 heavy (non-hydrogen) atoms. The van der Waals surface area contributed by atoms with Gasteiger partial charge in [-0.3, -0.25) is 14.4 Å². The third-order valence-corrected chi connectivity index (χ3v) is 10.7. The molecular formula is C31H20Br2N2O3. The fourth-order valence-electron chi connectivity index (χ4n) is 6.41. The van der Waals surface area contributed by atoms with Gasteiger partial charge >= 0.3 is 0 Å². The number of hydrogen-bond acceptors (Lipinski definition) is 3. The molecular weight excluding hydrogens is 608 g/mol. The number of alkyl halides is 2. The van der Waals surface area contributed by atoms with E-state index in [2.05, 4.69) is 37.2 Å². The van der Waals surface area contributed by atoms with E-state index in [0.717, 1.165) is 22.3 Å². The number of amides is 3. The summed E-state index contributed by atoms with van der Waals surface area (Å²) in [6.07, 6.45) is 0. The highest BCUT2D eigenvalue weighted by atomic mass is 79.9. The highest BCUT2D eigenvalue weighted by molar-refractivity contribution is 9.10. The summed E-state index contributed by atoms with van der Waals surface area (Å²) in [6, 6.07) is 31.8. The van der Waals surface area contributed by atoms with Crippen molar-refractivity contribution in [1.82, 2.24) is 0 Å². The quantitative estimate of drug-likeness (QED) is 0.213. The van der Waals surface area contributed by atoms with Crippen LogP contribution in [0, 0.1) is 11.8 Å². The minimum atomic E-state index is -0.828. The van der Waals surface area contributed by atoms with Crippen molar-refractivity contribution in [3.8, 4) is 0 Å². The van der Waals surface area contributed by atoms with Gasteiger partial charge < -0.3 is 5.32 Å². The lowest BCUT2D eigenvalue weighted by Crippen LogP contribution is -2.56. The van der Waals surface area contributed by atoms with Crippen LogP contribution >= 0.6 is 31.9 Å². The van der Waals surface area contributed by atoms with Gasteiger partial charge in [-0.2, -0.15) is 0 Å². The molecule has 1 aliphatic heterocycles. The summed E-state index contributed by atoms with van der Waals surface area (Å²) in [5, 5.41) is 2.87. The van der Waals surface area contributed by atoms with E-state index < -0.39 is 20.5 Å². The standard InChI is InChI=1S/C31H20Br2N2O3/c32-30-21-10-4-5-11-22(21)31(33,24-13-7-6-12-23(24)30)26-25(30)28(37)35(29(26)38)20-16-14-19(15-17-20)34-27(36)18-8-2-1-3-9-18/h1-17,25-26H,(H,34,36)/t25-,26-,30?,31?/m1/s1. The number of imide groups is 1. The summed E-state index contributed by atoms with van der Waals surface area (Å²) in [6.45, 7) is 0. The average Bonchev–Trinajstić information content (AvgIpc) is 3.23. The van der Waals surface area contributed by atoms with Crippen molar-refractivity contribution in [2.24, 2.45) is 11.8 Å². The van der Waals surface area contributed by atoms with Gasteiger partial charge in [-0.05, 0) is 58.7 Å². The maximum absolute atomic E-state index is 14.1. The lowest BCUT2D eigenvalue weighted by atomic mass is 9.54. The van der Waals surface area contributed by atoms with Crippen LogP contribution in [-0.2, 0) is 18.2 Å². The molecule has 8 rings (SSSR count). The Bertz CT molecular complexity index is 1530. The molecule has 2 atom stereocenters. The van der Waals surface area contributed by atoms with Crippen LogP contribution < -0.4 is 10.2 Å². The zero-order valence-corrected chi connectivity index (χ0v) is 23.1. The molecule has 0 saturated carbocycles. The number of halogens is 2. The summed E-state index contributed by atoms with van der Waals surface area (Å²) in [7, 11) is 0. The van der Waals surface area contributed by atoms with E-state index in [9.17, 15) is 14.4 Å². The molecule has 1 heterocycles. The fourth-order valence-corrected chi connectivity index (χ4v) is 8.71. The van der Waals surface area contributed by atoms with Gasteiger partial charge in [-0.25, -0.2) is 4.90 Å². The number of nitrogens with one attached hydrogen (secondary N) is 1. The maximum atomic E-state index is 14.1. The van der Waals surface area contributed by atoms with Gasteiger partial charge in [0.1, 0.15) is 0 Å². The van der Waals surface area contributed by atoms with Crippen molar-refractivity contribution >= 4 is 61.0 Å². The Morgan fingerprint density at radius 1 is 0.632 bits per heavy atom. The summed E-state index contributed by atoms with van der Waals surface area (Å²) >= 11 is 8.04. The molecule has 4 aromatic carbocycles. The largest absolute Gasteiger partial charge is 0.322 e. The fraction of sp³-hybridized carbons (Fsp3) is 0.129. The van der Waals surface area contributed by atoms with Crippen molar-refractivity contribution < 1.29 is 14.4 Å². The van der Waals surface area contributed by atoms with E-state index in [1.807, 2.05) is 54.6 Å². The van der Waals surface area contributed by atoms with Crippen LogP contribution in [0.2, 0.25) is 0 Å². The molecule has 3 aliphatic carbocycles. The minimum absolute atomic E-state index is 0.229. The molecule has 4 aromatic rings. The molecule has 0 aromatic heterocycles. The predicted octanol–water partition coefficient (Wildman–Crippen LogP) is 6.35. The van der Waals surface area contributed by atoms with Crippen molar-refractivity contribution in [2.45, 2.75) is 8.65 Å². The summed E-state index contributed by atoms with van der Waals surface area (Å²) in [5.74, 6) is -1.97. The summed E-state index contributed by atoms with van der Waals surface area (Å²) in [4.78, 5) is 42.1. The molecule has 0 radical (unpaired) electrons. The molecule has 0 spiro atoms. The van der Waals surface area contributed by atoms with E-state index in [1.54, 1.807) is 48.5 Å². The van der Waals surface area contributed by atoms with Crippen molar-refractivity contribution in [2.75, 3.05) is 10.2 Å². The number of anilines is 2. The second kappa shape index (κ2) is 8.22. The zero-order valence-electron chi connectivity index (χ0n) is 19.9. The van der Waals surface area contributed by atoms with Gasteiger partial charge in [0.15, 0.2) is 0 Å². The Kier molecular flexibility index (Phi) is 5.10. The number of nitrogens with zero attached hydrogens (tertiary/aromatic N) is 1. The Balaban J connectivity index is 1.28. The molecule has 5 nitrogen and oxygen atoms in total. The second-order valence-corrected chi connectivity index (χ2v) is 12.4. The molecule has 1 saturated heterocycles. The normalized spacial score (nSPS) is 26.5. The van der Waals surface area contributed by atoms with Gasteiger partial charge in [0.25, 0.3) is 5.91 Å². The minimum Gasteiger partial charge on any atom is -0.322 e. The van der Waals surface area contributed by atoms with Crippen LogP contribution in [0.5, 0.6) is 0 Å². The van der Waals surface area contributed by atoms with Crippen molar-refractivity contribution in [1.29, 1.82) is 0 Å². The lowest BCUT2D eigenvalue weighted by Gasteiger charge is -2.55. The van der Waals surface area contributed by atoms with Crippen LogP contribution in [0.25, 0.3) is 0 Å². The third-order valence-electron chi connectivity index (χ3n) is 8.00. The average molecular weight is 628 g/mol. The van der Waals surface area contributed by atoms with E-state index in [0.29, 0.717) is 16.9 Å². The molecule has 1 fully saturated rings. The van der Waals surface area contributed by atoms with E-state index >= 15 is 0 Å². The van der Waals surface area contributed by atoms with Crippen molar-refractivity contribution in [3.05, 3.63) is 131 Å². The molecule has 7 heteroatoms. The Labute approximate surface area is 236 Å². The predicted molar refractivity (Wildman–Crippen MR) is 153 cm³/mol. The van der Waals surface area contributed by atoms with Gasteiger partial charge in [-0.1, -0.05) is 98.6 Å². The number of benzene rings is 4. The maximum Gasteiger partial charge on any atom is 0.255 e. The first-order valence-corrected chi connectivity index (χ1v) is 13.9. The smallest absolute Gasteiger partial charge is 0.255 e. The molecule has 1 N–H and O–H groups in total. The second-order valence-electron chi connectivity index (χ2n) is 9.85. The van der Waals surface area contributed by atoms with Gasteiger partial charge in [-0.15, -0.1) is 0 Å². The lowest BCUT2D eigenvalue weighted by molar-refractivity contribution is -0.122. The SMILES string of the molecule is O=C(Nc1ccc(N2C(=O)[C@H]3[C@H](C2=O)C2(Br)c4ccccc4C3(Br)c3ccccc32)cc1)c1ccccc1. The van der Waals surface area contributed by atoms with Gasteiger partial charge in [0, 0.05) is 11.3 Å². The summed E-state index contributed by atoms with van der Waals surface area (Å²) < 4.78 is -1.66. The van der Waals surface area contributed by atoms with Crippen molar-refractivity contribution in [3.63, 3.8) is 0 Å². The van der Waals surface area contributed by atoms with Crippen LogP contribution in [0.4, 0.5) is 11.4 Å². The number of hydrogen-bond donors (Lipinski definition) is 1. The summed E-state index contributed by atoms with van der Waals surface area (Å²) in [5.41, 5.74) is 5.60. The van der Waals surface area contributed by atoms with Gasteiger partial charge in [0.2, 0.25) is 11.8 Å². The first-order chi connectivity index (χ1) is 18.4. The number of carbonyl (C=O) groups excluding carboxylic acids is 3. The van der Waals surface area contributed by atoms with E-state index in [-0.39, 0.29) is 17.7 Å². The highest BCUT2D eigenvalue weighted by Crippen LogP contribution is 2.70. The highest BCUT2D eigenvalue weighted by Gasteiger charge is 2.72. The Hall–Kier alpha value is -3.55. The molecule has 3 amide bonds. The first kappa shape index (κ1) is 23.6. The van der Waals surface area contributed by atoms with Crippen LogP contribution in [0.1, 0.15) is 32.6 Å². The molecule has 0 unspecified atom stereocenters. The molecule has 186 valence electrons. The monoisotopic (exact) mass is 626 g/mol.